The average molecular weight is 213 g/mol. The molecule has 2 rings (SSSR count). The van der Waals surface area contributed by atoms with Crippen LogP contribution in [0, 0.1) is 11.8 Å². The van der Waals surface area contributed by atoms with E-state index in [1.54, 1.807) is 0 Å². The zero-order valence-corrected chi connectivity index (χ0v) is 9.40. The van der Waals surface area contributed by atoms with E-state index in [9.17, 15) is 5.11 Å². The highest BCUT2D eigenvalue weighted by Gasteiger charge is 2.31. The number of ether oxygens (including phenoxy) is 1. The predicted octanol–water partition coefficient (Wildman–Crippen LogP) is 1.29. The summed E-state index contributed by atoms with van der Waals surface area (Å²) in [6.45, 7) is 1.65. The molecular formula is C12H23NO2. The smallest absolute Gasteiger partial charge is 0.0598 e. The second-order valence-electron chi connectivity index (χ2n) is 5.12. The Balaban J connectivity index is 1.81. The molecule has 0 spiro atoms. The fraction of sp³-hybridized carbons (Fsp3) is 1.00. The van der Waals surface area contributed by atoms with Crippen molar-refractivity contribution >= 4 is 0 Å². The van der Waals surface area contributed by atoms with Crippen LogP contribution in [-0.4, -0.2) is 30.5 Å². The van der Waals surface area contributed by atoms with Gasteiger partial charge in [-0.3, -0.25) is 0 Å². The van der Waals surface area contributed by atoms with Gasteiger partial charge in [0.2, 0.25) is 0 Å². The van der Waals surface area contributed by atoms with Gasteiger partial charge in [0.25, 0.3) is 0 Å². The van der Waals surface area contributed by atoms with Gasteiger partial charge in [0, 0.05) is 19.3 Å². The molecule has 88 valence electrons. The van der Waals surface area contributed by atoms with Gasteiger partial charge >= 0.3 is 0 Å². The molecule has 0 aromatic heterocycles. The Morgan fingerprint density at radius 3 is 2.07 bits per heavy atom. The zero-order valence-electron chi connectivity index (χ0n) is 9.40. The molecule has 0 amide bonds. The van der Waals surface area contributed by atoms with Crippen LogP contribution >= 0.6 is 0 Å². The van der Waals surface area contributed by atoms with Crippen molar-refractivity contribution in [2.75, 3.05) is 13.2 Å². The van der Waals surface area contributed by atoms with Crippen molar-refractivity contribution in [3.05, 3.63) is 0 Å². The number of nitrogens with two attached hydrogens (primary N) is 1. The first kappa shape index (κ1) is 11.4. The van der Waals surface area contributed by atoms with Crippen molar-refractivity contribution in [2.45, 2.75) is 50.7 Å². The van der Waals surface area contributed by atoms with E-state index >= 15 is 0 Å². The van der Waals surface area contributed by atoms with E-state index in [2.05, 4.69) is 0 Å². The van der Waals surface area contributed by atoms with E-state index < -0.39 is 0 Å². The van der Waals surface area contributed by atoms with Gasteiger partial charge in [-0.1, -0.05) is 0 Å². The van der Waals surface area contributed by atoms with Crippen LogP contribution < -0.4 is 5.73 Å². The monoisotopic (exact) mass is 213 g/mol. The maximum absolute atomic E-state index is 10.3. The molecule has 0 bridgehead atoms. The second kappa shape index (κ2) is 5.28. The van der Waals surface area contributed by atoms with Crippen LogP contribution in [0.3, 0.4) is 0 Å². The predicted molar refractivity (Wildman–Crippen MR) is 59.5 cm³/mol. The van der Waals surface area contributed by atoms with Gasteiger partial charge < -0.3 is 15.6 Å². The van der Waals surface area contributed by atoms with E-state index in [0.717, 1.165) is 51.7 Å². The summed E-state index contributed by atoms with van der Waals surface area (Å²) in [5, 5.41) is 10.3. The topological polar surface area (TPSA) is 55.5 Å². The molecule has 3 N–H and O–H groups in total. The normalized spacial score (nSPS) is 36.4. The lowest BCUT2D eigenvalue weighted by atomic mass is 9.77. The number of hydrogen-bond donors (Lipinski definition) is 2. The minimum absolute atomic E-state index is 0.110. The molecule has 0 radical (unpaired) electrons. The van der Waals surface area contributed by atoms with E-state index in [1.807, 2.05) is 0 Å². The summed E-state index contributed by atoms with van der Waals surface area (Å²) in [6, 6.07) is 0.378. The molecule has 0 aromatic rings. The molecule has 3 heteroatoms. The summed E-state index contributed by atoms with van der Waals surface area (Å²) in [6.07, 6.45) is 6.35. The first-order chi connectivity index (χ1) is 7.27. The number of aliphatic hydroxyl groups is 1. The summed E-state index contributed by atoms with van der Waals surface area (Å²) in [7, 11) is 0. The van der Waals surface area contributed by atoms with Crippen molar-refractivity contribution in [1.82, 2.24) is 0 Å². The van der Waals surface area contributed by atoms with Gasteiger partial charge in [-0.25, -0.2) is 0 Å². The lowest BCUT2D eigenvalue weighted by Gasteiger charge is -2.35. The third kappa shape index (κ3) is 2.92. The molecule has 1 heterocycles. The summed E-state index contributed by atoms with van der Waals surface area (Å²) < 4.78 is 5.32. The van der Waals surface area contributed by atoms with Gasteiger partial charge in [0.05, 0.1) is 6.10 Å². The molecule has 3 nitrogen and oxygen atoms in total. The molecule has 2 fully saturated rings. The molecule has 1 atom stereocenters. The van der Waals surface area contributed by atoms with Gasteiger partial charge in [0.1, 0.15) is 0 Å². The summed E-state index contributed by atoms with van der Waals surface area (Å²) in [5.41, 5.74) is 5.87. The average Bonchev–Trinajstić information content (AvgIpc) is 2.30. The molecular weight excluding hydrogens is 190 g/mol. The highest BCUT2D eigenvalue weighted by molar-refractivity contribution is 4.83. The molecule has 1 saturated heterocycles. The maximum Gasteiger partial charge on any atom is 0.0598 e. The highest BCUT2D eigenvalue weighted by Crippen LogP contribution is 2.32. The summed E-state index contributed by atoms with van der Waals surface area (Å²) >= 11 is 0. The van der Waals surface area contributed by atoms with Crippen LogP contribution in [0.4, 0.5) is 0 Å². The zero-order chi connectivity index (χ0) is 10.7. The minimum atomic E-state index is -0.110. The molecule has 1 aliphatic heterocycles. The van der Waals surface area contributed by atoms with E-state index in [-0.39, 0.29) is 6.10 Å². The van der Waals surface area contributed by atoms with E-state index in [0.29, 0.717) is 17.9 Å². The van der Waals surface area contributed by atoms with Gasteiger partial charge in [0.15, 0.2) is 0 Å². The van der Waals surface area contributed by atoms with Gasteiger partial charge in [-0.05, 0) is 50.4 Å². The molecule has 1 unspecified atom stereocenters. The van der Waals surface area contributed by atoms with E-state index in [1.165, 1.54) is 0 Å². The molecule has 15 heavy (non-hydrogen) atoms. The standard InChI is InChI=1S/C12H23NO2/c13-11-3-1-9(2-4-11)12(14)10-5-7-15-8-6-10/h9-12,14H,1-8,13H2/t9-,11-,12?. The maximum atomic E-state index is 10.3. The van der Waals surface area contributed by atoms with Crippen molar-refractivity contribution in [3.8, 4) is 0 Å². The Hall–Kier alpha value is -0.120. The largest absolute Gasteiger partial charge is 0.393 e. The third-order valence-corrected chi connectivity index (χ3v) is 4.05. The highest BCUT2D eigenvalue weighted by atomic mass is 16.5. The SMILES string of the molecule is N[C@H]1CC[C@H](C(O)C2CCOCC2)CC1. The van der Waals surface area contributed by atoms with Crippen molar-refractivity contribution < 1.29 is 9.84 Å². The van der Waals surface area contributed by atoms with Crippen molar-refractivity contribution in [3.63, 3.8) is 0 Å². The molecule has 0 aromatic carbocycles. The Morgan fingerprint density at radius 2 is 1.47 bits per heavy atom. The second-order valence-corrected chi connectivity index (χ2v) is 5.12. The van der Waals surface area contributed by atoms with Gasteiger partial charge in [-0.15, -0.1) is 0 Å². The number of rotatable bonds is 2. The molecule has 2 aliphatic rings. The van der Waals surface area contributed by atoms with Crippen LogP contribution in [0.25, 0.3) is 0 Å². The van der Waals surface area contributed by atoms with E-state index in [4.69, 9.17) is 10.5 Å². The number of hydrogen-bond acceptors (Lipinski definition) is 3. The first-order valence-electron chi connectivity index (χ1n) is 6.29. The lowest BCUT2D eigenvalue weighted by Crippen LogP contribution is -2.37. The Labute approximate surface area is 92.0 Å². The van der Waals surface area contributed by atoms with Crippen LogP contribution in [-0.2, 0) is 4.74 Å². The third-order valence-electron chi connectivity index (χ3n) is 4.05. The Morgan fingerprint density at radius 1 is 0.933 bits per heavy atom. The fourth-order valence-electron chi connectivity index (χ4n) is 2.93. The quantitative estimate of drug-likeness (QED) is 0.727. The van der Waals surface area contributed by atoms with Crippen LogP contribution in [0.1, 0.15) is 38.5 Å². The Kier molecular flexibility index (Phi) is 4.00. The van der Waals surface area contributed by atoms with Crippen molar-refractivity contribution in [1.29, 1.82) is 0 Å². The first-order valence-corrected chi connectivity index (χ1v) is 6.29. The molecule has 1 aliphatic carbocycles. The van der Waals surface area contributed by atoms with Crippen LogP contribution in [0.5, 0.6) is 0 Å². The molecule has 1 saturated carbocycles. The number of aliphatic hydroxyl groups excluding tert-OH is 1. The summed E-state index contributed by atoms with van der Waals surface area (Å²) in [5.74, 6) is 0.964. The van der Waals surface area contributed by atoms with Crippen molar-refractivity contribution in [2.24, 2.45) is 17.6 Å². The Bertz CT molecular complexity index is 184. The lowest BCUT2D eigenvalue weighted by molar-refractivity contribution is -0.0259. The van der Waals surface area contributed by atoms with Gasteiger partial charge in [-0.2, -0.15) is 0 Å². The minimum Gasteiger partial charge on any atom is -0.393 e. The van der Waals surface area contributed by atoms with Crippen LogP contribution in [0.2, 0.25) is 0 Å². The summed E-state index contributed by atoms with van der Waals surface area (Å²) in [4.78, 5) is 0. The van der Waals surface area contributed by atoms with Crippen LogP contribution in [0.15, 0.2) is 0 Å². The fourth-order valence-corrected chi connectivity index (χ4v) is 2.93.